The summed E-state index contributed by atoms with van der Waals surface area (Å²) in [6, 6.07) is 7.80. The number of hydrogen-bond acceptors (Lipinski definition) is 7. The molecule has 2 aromatic carbocycles. The van der Waals surface area contributed by atoms with Crippen LogP contribution in [0.3, 0.4) is 0 Å². The van der Waals surface area contributed by atoms with Crippen molar-refractivity contribution in [2.75, 3.05) is 25.0 Å². The number of benzene rings is 2. The van der Waals surface area contributed by atoms with Crippen LogP contribution in [0.15, 0.2) is 41.4 Å². The van der Waals surface area contributed by atoms with Crippen molar-refractivity contribution in [3.05, 3.63) is 57.6 Å². The Morgan fingerprint density at radius 2 is 2.00 bits per heavy atom. The fraction of sp³-hybridized carbons (Fsp3) is 0.273. The lowest BCUT2D eigenvalue weighted by atomic mass is 10.0. The van der Waals surface area contributed by atoms with Crippen LogP contribution in [-0.2, 0) is 9.59 Å². The van der Waals surface area contributed by atoms with Crippen molar-refractivity contribution in [2.24, 2.45) is 4.99 Å². The van der Waals surface area contributed by atoms with Crippen molar-refractivity contribution in [3.8, 4) is 5.75 Å². The number of amides is 2. The minimum atomic E-state index is -1.24. The highest BCUT2D eigenvalue weighted by atomic mass is 35.5. The van der Waals surface area contributed by atoms with Crippen LogP contribution in [0, 0.1) is 0 Å². The van der Waals surface area contributed by atoms with Gasteiger partial charge in [-0.3, -0.25) is 14.4 Å². The second kappa shape index (κ2) is 11.7. The molecule has 35 heavy (non-hydrogen) atoms. The Labute approximate surface area is 209 Å². The summed E-state index contributed by atoms with van der Waals surface area (Å²) in [6.07, 6.45) is -1.61. The van der Waals surface area contributed by atoms with Crippen molar-refractivity contribution >= 4 is 52.6 Å². The molecule has 0 saturated carbocycles. The van der Waals surface area contributed by atoms with Gasteiger partial charge < -0.3 is 31.5 Å². The number of anilines is 1. The molecule has 1 heterocycles. The van der Waals surface area contributed by atoms with Crippen LogP contribution in [0.25, 0.3) is 0 Å². The first-order valence-corrected chi connectivity index (χ1v) is 11.1. The molecule has 10 nitrogen and oxygen atoms in total. The zero-order chi connectivity index (χ0) is 25.5. The van der Waals surface area contributed by atoms with Crippen molar-refractivity contribution in [1.29, 1.82) is 0 Å². The third-order valence-electron chi connectivity index (χ3n) is 4.88. The molecule has 0 fully saturated rings. The number of nitrogens with zero attached hydrogens (tertiary/aromatic N) is 1. The average Bonchev–Trinajstić information content (AvgIpc) is 2.81. The third-order valence-corrected chi connectivity index (χ3v) is 5.39. The van der Waals surface area contributed by atoms with Crippen LogP contribution in [0.1, 0.15) is 28.4 Å². The van der Waals surface area contributed by atoms with Crippen LogP contribution in [0.5, 0.6) is 5.75 Å². The molecule has 2 atom stereocenters. The summed E-state index contributed by atoms with van der Waals surface area (Å²) in [5.41, 5.74) is 0.797. The second-order valence-corrected chi connectivity index (χ2v) is 8.44. The van der Waals surface area contributed by atoms with Gasteiger partial charge in [0.15, 0.2) is 5.96 Å². The number of carbonyl (C=O) groups is 3. The van der Waals surface area contributed by atoms with E-state index in [4.69, 9.17) is 23.2 Å². The van der Waals surface area contributed by atoms with Gasteiger partial charge in [0.25, 0.3) is 5.91 Å². The first-order valence-electron chi connectivity index (χ1n) is 10.4. The molecule has 6 N–H and O–H groups in total. The summed E-state index contributed by atoms with van der Waals surface area (Å²) >= 11 is 11.8. The van der Waals surface area contributed by atoms with Crippen LogP contribution in [0.4, 0.5) is 10.1 Å². The number of rotatable bonds is 8. The molecule has 0 radical (unpaired) electrons. The fourth-order valence-corrected chi connectivity index (χ4v) is 3.76. The first-order chi connectivity index (χ1) is 16.6. The van der Waals surface area contributed by atoms with Gasteiger partial charge in [-0.15, -0.1) is 0 Å². The van der Waals surface area contributed by atoms with E-state index in [9.17, 15) is 29.0 Å². The standard InChI is InChI=1S/C22H22Cl2FN5O5/c23-12-5-15(20(34)16(24)6-12)17(7-19(32)33)30-18(31)10-26-21(35)11-2-1-3-14(4-11)29-22-27-8-13(25)9-28-22/h1-6,13,17,34H,7-10H2,(H,26,35)(H,30,31)(H,32,33)(H2,27,28,29)/t17-/m1/s1. The Kier molecular flexibility index (Phi) is 8.72. The highest BCUT2D eigenvalue weighted by molar-refractivity contribution is 6.35. The smallest absolute Gasteiger partial charge is 0.305 e. The highest BCUT2D eigenvalue weighted by Gasteiger charge is 2.23. The number of aliphatic carboxylic acids is 1. The van der Waals surface area contributed by atoms with Gasteiger partial charge in [0.2, 0.25) is 5.91 Å². The molecule has 13 heteroatoms. The van der Waals surface area contributed by atoms with E-state index >= 15 is 0 Å². The fourth-order valence-electron chi connectivity index (χ4n) is 3.25. The van der Waals surface area contributed by atoms with Crippen molar-refractivity contribution < 1.29 is 29.0 Å². The van der Waals surface area contributed by atoms with E-state index in [1.165, 1.54) is 24.3 Å². The Morgan fingerprint density at radius 3 is 2.69 bits per heavy atom. The monoisotopic (exact) mass is 525 g/mol. The molecule has 0 aliphatic carbocycles. The predicted octanol–water partition coefficient (Wildman–Crippen LogP) is 2.47. The van der Waals surface area contributed by atoms with Gasteiger partial charge in [-0.1, -0.05) is 29.3 Å². The van der Waals surface area contributed by atoms with E-state index in [1.807, 2.05) is 0 Å². The number of phenols is 1. The van der Waals surface area contributed by atoms with Gasteiger partial charge in [0.1, 0.15) is 11.9 Å². The zero-order valence-electron chi connectivity index (χ0n) is 18.1. The molecule has 186 valence electrons. The molecular weight excluding hydrogens is 504 g/mol. The van der Waals surface area contributed by atoms with E-state index in [2.05, 4.69) is 26.3 Å². The SMILES string of the molecule is O=C(O)C[C@@H](NC(=O)CNC(=O)c1cccc(NC2=NCC(F)CN2)c1)c1cc(Cl)cc(Cl)c1O. The molecular formula is C22H22Cl2FN5O5. The van der Waals surface area contributed by atoms with Gasteiger partial charge in [-0.2, -0.15) is 0 Å². The van der Waals surface area contributed by atoms with Crippen molar-refractivity contribution in [3.63, 3.8) is 0 Å². The molecule has 3 rings (SSSR count). The van der Waals surface area contributed by atoms with Crippen LogP contribution in [0.2, 0.25) is 10.0 Å². The third kappa shape index (κ3) is 7.46. The molecule has 0 bridgehead atoms. The summed E-state index contributed by atoms with van der Waals surface area (Å²) in [5, 5.41) is 30.1. The number of carboxylic acids is 1. The maximum absolute atomic E-state index is 13.2. The number of nitrogens with one attached hydrogen (secondary N) is 4. The number of carbonyl (C=O) groups excluding carboxylic acids is 2. The quantitative estimate of drug-likeness (QED) is 0.309. The molecule has 0 aromatic heterocycles. The minimum absolute atomic E-state index is 0.0293. The summed E-state index contributed by atoms with van der Waals surface area (Å²) in [7, 11) is 0. The lowest BCUT2D eigenvalue weighted by molar-refractivity contribution is -0.137. The number of aliphatic imine (C=N–C) groups is 1. The number of phenolic OH excluding ortho intramolecular Hbond substituents is 1. The van der Waals surface area contributed by atoms with E-state index < -0.39 is 48.7 Å². The lowest BCUT2D eigenvalue weighted by Crippen LogP contribution is -2.41. The molecule has 0 saturated heterocycles. The van der Waals surface area contributed by atoms with Gasteiger partial charge in [0, 0.05) is 21.8 Å². The van der Waals surface area contributed by atoms with Crippen molar-refractivity contribution in [1.82, 2.24) is 16.0 Å². The largest absolute Gasteiger partial charge is 0.506 e. The summed E-state index contributed by atoms with van der Waals surface area (Å²) in [6.45, 7) is -0.302. The van der Waals surface area contributed by atoms with Gasteiger partial charge in [-0.25, -0.2) is 9.38 Å². The maximum atomic E-state index is 13.2. The maximum Gasteiger partial charge on any atom is 0.305 e. The van der Waals surface area contributed by atoms with Gasteiger partial charge in [0.05, 0.1) is 37.1 Å². The van der Waals surface area contributed by atoms with Crippen molar-refractivity contribution in [2.45, 2.75) is 18.6 Å². The molecule has 2 aromatic rings. The highest BCUT2D eigenvalue weighted by Crippen LogP contribution is 2.36. The Morgan fingerprint density at radius 1 is 1.23 bits per heavy atom. The van der Waals surface area contributed by atoms with E-state index in [0.717, 1.165) is 0 Å². The Hall–Kier alpha value is -3.57. The van der Waals surface area contributed by atoms with Crippen LogP contribution >= 0.6 is 23.2 Å². The molecule has 1 unspecified atom stereocenters. The summed E-state index contributed by atoms with van der Waals surface area (Å²) in [4.78, 5) is 40.3. The van der Waals surface area contributed by atoms with E-state index in [-0.39, 0.29) is 34.3 Å². The Bertz CT molecular complexity index is 1160. The normalized spacial score (nSPS) is 15.9. The van der Waals surface area contributed by atoms with E-state index in [1.54, 1.807) is 12.1 Å². The second-order valence-electron chi connectivity index (χ2n) is 7.60. The molecule has 1 aliphatic heterocycles. The van der Waals surface area contributed by atoms with E-state index in [0.29, 0.717) is 11.6 Å². The number of halogens is 3. The Balaban J connectivity index is 1.62. The summed E-state index contributed by atoms with van der Waals surface area (Å²) in [5.74, 6) is -2.52. The van der Waals surface area contributed by atoms with Crippen LogP contribution in [-0.4, -0.2) is 59.8 Å². The number of hydrogen-bond donors (Lipinski definition) is 6. The average molecular weight is 526 g/mol. The number of guanidine groups is 1. The number of alkyl halides is 1. The molecule has 1 aliphatic rings. The van der Waals surface area contributed by atoms with Gasteiger partial charge >= 0.3 is 5.97 Å². The topological polar surface area (TPSA) is 152 Å². The van der Waals surface area contributed by atoms with Crippen LogP contribution < -0.4 is 21.3 Å². The number of carboxylic acid groups (broad SMARTS) is 1. The first kappa shape index (κ1) is 26.0. The minimum Gasteiger partial charge on any atom is -0.506 e. The number of aromatic hydroxyl groups is 1. The zero-order valence-corrected chi connectivity index (χ0v) is 19.7. The molecule has 2 amide bonds. The lowest BCUT2D eigenvalue weighted by Gasteiger charge is -2.20. The predicted molar refractivity (Wildman–Crippen MR) is 129 cm³/mol. The summed E-state index contributed by atoms with van der Waals surface area (Å²) < 4.78 is 13.2. The molecule has 0 spiro atoms. The van der Waals surface area contributed by atoms with Gasteiger partial charge in [-0.05, 0) is 30.3 Å².